The quantitative estimate of drug-likeness (QED) is 0.453. The van der Waals surface area contributed by atoms with E-state index in [0.717, 1.165) is 5.75 Å². The molecule has 0 aromatic carbocycles. The van der Waals surface area contributed by atoms with Crippen molar-refractivity contribution in [3.8, 4) is 0 Å². The van der Waals surface area contributed by atoms with Gasteiger partial charge in [-0.2, -0.15) is 0 Å². The molecule has 1 fully saturated rings. The van der Waals surface area contributed by atoms with E-state index in [1.54, 1.807) is 0 Å². The summed E-state index contributed by atoms with van der Waals surface area (Å²) < 4.78 is 3.67. The van der Waals surface area contributed by atoms with Gasteiger partial charge in [0.2, 0.25) is 0 Å². The average Bonchev–Trinajstić information content (AvgIpc) is 2.68. The zero-order chi connectivity index (χ0) is 9.80. The van der Waals surface area contributed by atoms with Crippen LogP contribution in [-0.2, 0) is 0 Å². The van der Waals surface area contributed by atoms with Gasteiger partial charge in [-0.1, -0.05) is 18.7 Å². The monoisotopic (exact) mass is 247 g/mol. The van der Waals surface area contributed by atoms with Gasteiger partial charge in [0.15, 0.2) is 0 Å². The molecule has 0 bridgehead atoms. The smallest absolute Gasteiger partial charge is 0.248 e. The van der Waals surface area contributed by atoms with Crippen molar-refractivity contribution in [2.45, 2.75) is 30.5 Å². The van der Waals surface area contributed by atoms with Crippen LogP contribution in [0.25, 0.3) is 0 Å². The SMILES string of the molecule is CCSc1nc(=[N+]2CCCCC2)ss1. The molecule has 0 unspecified atom stereocenters. The Labute approximate surface area is 96.1 Å². The molecule has 5 heteroatoms. The summed E-state index contributed by atoms with van der Waals surface area (Å²) >= 11 is 1.85. The van der Waals surface area contributed by atoms with E-state index in [-0.39, 0.29) is 0 Å². The first-order valence-electron chi connectivity index (χ1n) is 5.08. The Kier molecular flexibility index (Phi) is 4.01. The molecule has 1 aliphatic heterocycles. The Morgan fingerprint density at radius 1 is 1.29 bits per heavy atom. The van der Waals surface area contributed by atoms with Crippen LogP contribution in [0.4, 0.5) is 0 Å². The van der Waals surface area contributed by atoms with Crippen LogP contribution in [0, 0.1) is 0 Å². The summed E-state index contributed by atoms with van der Waals surface area (Å²) in [6, 6.07) is 0. The summed E-state index contributed by atoms with van der Waals surface area (Å²) in [6.07, 6.45) is 4.06. The highest BCUT2D eigenvalue weighted by atomic mass is 32.9. The Morgan fingerprint density at radius 3 is 2.79 bits per heavy atom. The average molecular weight is 247 g/mol. The summed E-state index contributed by atoms with van der Waals surface area (Å²) in [4.78, 5) is 5.89. The zero-order valence-corrected chi connectivity index (χ0v) is 10.8. The minimum atomic E-state index is 1.12. The van der Waals surface area contributed by atoms with E-state index in [1.165, 1.54) is 41.5 Å². The van der Waals surface area contributed by atoms with E-state index >= 15 is 0 Å². The molecule has 78 valence electrons. The lowest BCUT2D eigenvalue weighted by Crippen LogP contribution is -2.34. The molecule has 0 amide bonds. The van der Waals surface area contributed by atoms with Gasteiger partial charge < -0.3 is 0 Å². The van der Waals surface area contributed by atoms with Crippen LogP contribution < -0.4 is 9.38 Å². The topological polar surface area (TPSA) is 15.9 Å². The molecule has 1 aromatic heterocycles. The number of piperidine rings is 1. The van der Waals surface area contributed by atoms with Crippen molar-refractivity contribution in [3.05, 3.63) is 4.80 Å². The van der Waals surface area contributed by atoms with Gasteiger partial charge in [-0.15, -0.1) is 0 Å². The molecule has 14 heavy (non-hydrogen) atoms. The van der Waals surface area contributed by atoms with Gasteiger partial charge in [-0.25, -0.2) is 4.58 Å². The van der Waals surface area contributed by atoms with Crippen LogP contribution in [0.2, 0.25) is 0 Å². The molecule has 0 radical (unpaired) electrons. The van der Waals surface area contributed by atoms with Crippen molar-refractivity contribution in [2.75, 3.05) is 18.8 Å². The molecule has 1 aliphatic rings. The number of aromatic nitrogens is 1. The third-order valence-corrected chi connectivity index (χ3v) is 5.80. The molecular weight excluding hydrogens is 232 g/mol. The van der Waals surface area contributed by atoms with Gasteiger partial charge in [0.05, 0.1) is 13.1 Å². The van der Waals surface area contributed by atoms with Crippen LogP contribution >= 0.6 is 32.4 Å². The Bertz CT molecular complexity index is 345. The second-order valence-corrected chi connectivity index (χ2v) is 6.90. The van der Waals surface area contributed by atoms with E-state index in [2.05, 4.69) is 16.5 Å². The summed E-state index contributed by atoms with van der Waals surface area (Å²) in [6.45, 7) is 4.59. The first-order chi connectivity index (χ1) is 6.90. The van der Waals surface area contributed by atoms with Crippen LogP contribution in [-0.4, -0.2) is 23.8 Å². The summed E-state index contributed by atoms with van der Waals surface area (Å²) in [5.74, 6) is 1.12. The molecule has 0 saturated carbocycles. The van der Waals surface area contributed by atoms with Crippen LogP contribution in [0.3, 0.4) is 0 Å². The van der Waals surface area contributed by atoms with Crippen molar-refractivity contribution in [1.82, 2.24) is 9.56 Å². The highest BCUT2D eigenvalue weighted by Gasteiger charge is 2.14. The molecule has 2 nitrogen and oxygen atoms in total. The lowest BCUT2D eigenvalue weighted by atomic mass is 10.2. The van der Waals surface area contributed by atoms with Gasteiger partial charge in [0.1, 0.15) is 0 Å². The molecule has 2 heterocycles. The first kappa shape index (κ1) is 10.6. The summed E-state index contributed by atoms with van der Waals surface area (Å²) in [5.41, 5.74) is 0. The van der Waals surface area contributed by atoms with Crippen molar-refractivity contribution in [3.63, 3.8) is 0 Å². The number of hydrogen-bond acceptors (Lipinski definition) is 4. The van der Waals surface area contributed by atoms with E-state index in [1.807, 2.05) is 32.4 Å². The number of rotatable bonds is 2. The summed E-state index contributed by atoms with van der Waals surface area (Å²) in [5, 5.41) is 0. The van der Waals surface area contributed by atoms with E-state index < -0.39 is 0 Å². The van der Waals surface area contributed by atoms with E-state index in [0.29, 0.717) is 0 Å². The fraction of sp³-hybridized carbons (Fsp3) is 0.778. The second-order valence-electron chi connectivity index (χ2n) is 3.31. The maximum absolute atomic E-state index is 4.65. The summed E-state index contributed by atoms with van der Waals surface area (Å²) in [7, 11) is 3.65. The number of hydrogen-bond donors (Lipinski definition) is 0. The molecule has 2 rings (SSSR count). The van der Waals surface area contributed by atoms with Gasteiger partial charge in [0, 0.05) is 10.3 Å². The molecule has 1 aromatic rings. The molecule has 0 atom stereocenters. The van der Waals surface area contributed by atoms with Crippen molar-refractivity contribution >= 4 is 32.4 Å². The van der Waals surface area contributed by atoms with Crippen molar-refractivity contribution in [1.29, 1.82) is 0 Å². The minimum Gasteiger partial charge on any atom is -0.248 e. The van der Waals surface area contributed by atoms with Crippen LogP contribution in [0.5, 0.6) is 0 Å². The van der Waals surface area contributed by atoms with E-state index in [9.17, 15) is 0 Å². The fourth-order valence-corrected chi connectivity index (χ4v) is 5.04. The maximum Gasteiger partial charge on any atom is 0.389 e. The zero-order valence-electron chi connectivity index (χ0n) is 8.36. The third kappa shape index (κ3) is 2.58. The second kappa shape index (κ2) is 5.28. The van der Waals surface area contributed by atoms with Gasteiger partial charge >= 0.3 is 4.80 Å². The number of nitrogens with zero attached hydrogens (tertiary/aromatic N) is 2. The van der Waals surface area contributed by atoms with E-state index in [4.69, 9.17) is 0 Å². The lowest BCUT2D eigenvalue weighted by Gasteiger charge is -2.10. The first-order valence-corrected chi connectivity index (χ1v) is 8.21. The van der Waals surface area contributed by atoms with Gasteiger partial charge in [0.25, 0.3) is 4.34 Å². The predicted octanol–water partition coefficient (Wildman–Crippen LogP) is 2.27. The predicted molar refractivity (Wildman–Crippen MR) is 65.2 cm³/mol. The van der Waals surface area contributed by atoms with Crippen LogP contribution in [0.1, 0.15) is 26.2 Å². The maximum atomic E-state index is 4.65. The number of thioether (sulfide) groups is 1. The standard InChI is InChI=1S/C9H15N2S3/c1-2-12-9-10-8(13-14-9)11-6-4-3-5-7-11/h2-7H2,1H3/q+1. The molecule has 0 N–H and O–H groups in total. The molecule has 0 aliphatic carbocycles. The van der Waals surface area contributed by atoms with Crippen LogP contribution in [0.15, 0.2) is 4.34 Å². The highest BCUT2D eigenvalue weighted by Crippen LogP contribution is 2.20. The Morgan fingerprint density at radius 2 is 2.07 bits per heavy atom. The lowest BCUT2D eigenvalue weighted by molar-refractivity contribution is 0.449. The third-order valence-electron chi connectivity index (χ3n) is 2.27. The van der Waals surface area contributed by atoms with Gasteiger partial charge in [-0.05, 0) is 40.3 Å². The normalized spacial score (nSPS) is 17.4. The fourth-order valence-electron chi connectivity index (χ4n) is 1.58. The molecule has 1 saturated heterocycles. The van der Waals surface area contributed by atoms with Crippen molar-refractivity contribution in [2.24, 2.45) is 0 Å². The van der Waals surface area contributed by atoms with Crippen molar-refractivity contribution < 1.29 is 0 Å². The Hall–Kier alpha value is 0.130. The largest absolute Gasteiger partial charge is 0.389 e. The highest BCUT2D eigenvalue weighted by molar-refractivity contribution is 8.02. The van der Waals surface area contributed by atoms with Gasteiger partial charge in [-0.3, -0.25) is 0 Å². The minimum absolute atomic E-state index is 1.12. The Balaban J connectivity index is 2.20. The molecule has 0 spiro atoms. The molecular formula is C9H15N2S3+.